The summed E-state index contributed by atoms with van der Waals surface area (Å²) in [5.41, 5.74) is 10.8. The van der Waals surface area contributed by atoms with Crippen LogP contribution in [0.25, 0.3) is 0 Å². The molecule has 3 aromatic carbocycles. The lowest BCUT2D eigenvalue weighted by Gasteiger charge is -2.27. The monoisotopic (exact) mass is 375 g/mol. The smallest absolute Gasteiger partial charge is 0.0473 e. The molecule has 0 fully saturated rings. The van der Waals surface area contributed by atoms with Crippen LogP contribution in [0.5, 0.6) is 0 Å². The van der Waals surface area contributed by atoms with Gasteiger partial charge in [0.25, 0.3) is 0 Å². The normalized spacial score (nSPS) is 10.9. The first-order chi connectivity index (χ1) is 12.8. The Labute approximate surface area is 168 Å². The quantitative estimate of drug-likeness (QED) is 0.465. The molecule has 0 spiro atoms. The van der Waals surface area contributed by atoms with Crippen molar-refractivity contribution < 1.29 is 0 Å². The predicted molar refractivity (Wildman–Crippen MR) is 120 cm³/mol. The molecule has 0 unspecified atom stereocenters. The molecule has 0 saturated carbocycles. The minimum atomic E-state index is 1.22. The molecule has 0 N–H and O–H groups in total. The Balaban J connectivity index is 1.88. The maximum Gasteiger partial charge on any atom is 0.0473 e. The SMILES string of the molecule is Cc1ccc(Sc2ccc(N(C)c3c(C)c(C)c(C)c(C)c3C)cc2)cc1. The van der Waals surface area contributed by atoms with Crippen LogP contribution in [0.15, 0.2) is 58.3 Å². The number of hydrogen-bond donors (Lipinski definition) is 0. The van der Waals surface area contributed by atoms with Crippen LogP contribution in [0.2, 0.25) is 0 Å². The maximum absolute atomic E-state index is 2.32. The molecular weight excluding hydrogens is 346 g/mol. The number of anilines is 2. The average Bonchev–Trinajstić information content (AvgIpc) is 2.67. The topological polar surface area (TPSA) is 3.24 Å². The summed E-state index contributed by atoms with van der Waals surface area (Å²) in [6.07, 6.45) is 0. The average molecular weight is 376 g/mol. The van der Waals surface area contributed by atoms with Crippen LogP contribution in [0.4, 0.5) is 11.4 Å². The molecule has 0 aliphatic rings. The van der Waals surface area contributed by atoms with Crippen LogP contribution in [-0.2, 0) is 0 Å². The lowest BCUT2D eigenvalue weighted by molar-refractivity contribution is 1.10. The highest BCUT2D eigenvalue weighted by Gasteiger charge is 2.16. The van der Waals surface area contributed by atoms with Crippen molar-refractivity contribution in [1.82, 2.24) is 0 Å². The first kappa shape index (κ1) is 19.6. The van der Waals surface area contributed by atoms with Crippen molar-refractivity contribution in [3.05, 3.63) is 81.9 Å². The summed E-state index contributed by atoms with van der Waals surface area (Å²) >= 11 is 1.81. The van der Waals surface area contributed by atoms with Crippen molar-refractivity contribution in [3.8, 4) is 0 Å². The van der Waals surface area contributed by atoms with Gasteiger partial charge in [0.1, 0.15) is 0 Å². The van der Waals surface area contributed by atoms with Crippen molar-refractivity contribution in [3.63, 3.8) is 0 Å². The second-order valence-corrected chi connectivity index (χ2v) is 8.59. The molecule has 0 saturated heterocycles. The van der Waals surface area contributed by atoms with Gasteiger partial charge < -0.3 is 4.90 Å². The fraction of sp³-hybridized carbons (Fsp3) is 0.280. The van der Waals surface area contributed by atoms with Gasteiger partial charge in [-0.25, -0.2) is 0 Å². The summed E-state index contributed by atoms with van der Waals surface area (Å²) in [4.78, 5) is 4.86. The lowest BCUT2D eigenvalue weighted by Crippen LogP contribution is -2.14. The van der Waals surface area contributed by atoms with E-state index in [0.717, 1.165) is 0 Å². The first-order valence-electron chi connectivity index (χ1n) is 9.45. The summed E-state index contributed by atoms with van der Waals surface area (Å²) in [6, 6.07) is 17.6. The molecular formula is C25H29NS. The Hall–Kier alpha value is -2.19. The van der Waals surface area contributed by atoms with Crippen LogP contribution in [0.3, 0.4) is 0 Å². The van der Waals surface area contributed by atoms with E-state index in [0.29, 0.717) is 0 Å². The highest BCUT2D eigenvalue weighted by molar-refractivity contribution is 7.99. The van der Waals surface area contributed by atoms with Gasteiger partial charge in [-0.15, -0.1) is 0 Å². The number of aryl methyl sites for hydroxylation is 1. The Morgan fingerprint density at radius 1 is 0.556 bits per heavy atom. The number of benzene rings is 3. The predicted octanol–water partition coefficient (Wildman–Crippen LogP) is 7.46. The summed E-state index contributed by atoms with van der Waals surface area (Å²) in [5, 5.41) is 0. The highest BCUT2D eigenvalue weighted by atomic mass is 32.2. The van der Waals surface area contributed by atoms with Gasteiger partial charge in [0.15, 0.2) is 0 Å². The van der Waals surface area contributed by atoms with Gasteiger partial charge in [-0.2, -0.15) is 0 Å². The van der Waals surface area contributed by atoms with Crippen molar-refractivity contribution in [2.45, 2.75) is 51.3 Å². The largest absolute Gasteiger partial charge is 0.344 e. The molecule has 0 aromatic heterocycles. The van der Waals surface area contributed by atoms with E-state index >= 15 is 0 Å². The molecule has 0 radical (unpaired) electrons. The third-order valence-corrected chi connectivity index (χ3v) is 6.79. The molecule has 3 rings (SSSR count). The lowest BCUT2D eigenvalue weighted by atomic mass is 9.92. The number of hydrogen-bond acceptors (Lipinski definition) is 2. The summed E-state index contributed by atoms with van der Waals surface area (Å²) in [5.74, 6) is 0. The van der Waals surface area contributed by atoms with E-state index in [1.54, 1.807) is 0 Å². The van der Waals surface area contributed by atoms with Gasteiger partial charge in [-0.3, -0.25) is 0 Å². The molecule has 140 valence electrons. The van der Waals surface area contributed by atoms with Crippen LogP contribution in [-0.4, -0.2) is 7.05 Å². The zero-order valence-corrected chi connectivity index (χ0v) is 18.3. The van der Waals surface area contributed by atoms with E-state index in [2.05, 4.69) is 102 Å². The van der Waals surface area contributed by atoms with Gasteiger partial charge in [0, 0.05) is 28.2 Å². The fourth-order valence-electron chi connectivity index (χ4n) is 3.59. The minimum Gasteiger partial charge on any atom is -0.344 e. The van der Waals surface area contributed by atoms with Crippen molar-refractivity contribution in [1.29, 1.82) is 0 Å². The highest BCUT2D eigenvalue weighted by Crippen LogP contribution is 2.37. The van der Waals surface area contributed by atoms with Gasteiger partial charge in [0.05, 0.1) is 0 Å². The molecule has 0 aliphatic carbocycles. The standard InChI is InChI=1S/C25H29NS/c1-16-8-12-23(13-9-16)27-24-14-10-22(11-15-24)26(7)25-20(5)18(3)17(2)19(4)21(25)6/h8-15H,1-7H3. The first-order valence-corrected chi connectivity index (χ1v) is 10.3. The van der Waals surface area contributed by atoms with Crippen molar-refractivity contribution in [2.75, 3.05) is 11.9 Å². The molecule has 27 heavy (non-hydrogen) atoms. The van der Waals surface area contributed by atoms with Crippen molar-refractivity contribution in [2.24, 2.45) is 0 Å². The van der Waals surface area contributed by atoms with Crippen LogP contribution >= 0.6 is 11.8 Å². The molecule has 0 aliphatic heterocycles. The van der Waals surface area contributed by atoms with Gasteiger partial charge in [-0.1, -0.05) is 29.5 Å². The van der Waals surface area contributed by atoms with Crippen molar-refractivity contribution >= 4 is 23.1 Å². The zero-order valence-electron chi connectivity index (χ0n) is 17.5. The Morgan fingerprint density at radius 3 is 1.44 bits per heavy atom. The van der Waals surface area contributed by atoms with Gasteiger partial charge in [0.2, 0.25) is 0 Å². The molecule has 0 heterocycles. The summed E-state index contributed by atoms with van der Waals surface area (Å²) in [6.45, 7) is 13.3. The fourth-order valence-corrected chi connectivity index (χ4v) is 4.41. The molecule has 0 amide bonds. The Morgan fingerprint density at radius 2 is 0.963 bits per heavy atom. The van der Waals surface area contributed by atoms with Gasteiger partial charge in [-0.05, 0) is 106 Å². The van der Waals surface area contributed by atoms with E-state index in [-0.39, 0.29) is 0 Å². The van der Waals surface area contributed by atoms with E-state index < -0.39 is 0 Å². The minimum absolute atomic E-state index is 1.22. The second kappa shape index (κ2) is 7.82. The molecule has 2 heteroatoms. The molecule has 0 bridgehead atoms. The summed E-state index contributed by atoms with van der Waals surface area (Å²) in [7, 11) is 2.17. The van der Waals surface area contributed by atoms with E-state index in [1.165, 1.54) is 54.5 Å². The Kier molecular flexibility index (Phi) is 5.67. The van der Waals surface area contributed by atoms with Gasteiger partial charge >= 0.3 is 0 Å². The Bertz CT molecular complexity index is 924. The molecule has 3 aromatic rings. The van der Waals surface area contributed by atoms with Crippen LogP contribution in [0, 0.1) is 41.5 Å². The maximum atomic E-state index is 2.32. The van der Waals surface area contributed by atoms with Crippen LogP contribution in [0.1, 0.15) is 33.4 Å². The van der Waals surface area contributed by atoms with E-state index in [9.17, 15) is 0 Å². The van der Waals surface area contributed by atoms with E-state index in [4.69, 9.17) is 0 Å². The number of nitrogens with zero attached hydrogens (tertiary/aromatic N) is 1. The van der Waals surface area contributed by atoms with E-state index in [1.807, 2.05) is 11.8 Å². The zero-order chi connectivity index (χ0) is 19.7. The summed E-state index contributed by atoms with van der Waals surface area (Å²) < 4.78 is 0. The third kappa shape index (κ3) is 3.91. The second-order valence-electron chi connectivity index (χ2n) is 7.44. The molecule has 0 atom stereocenters. The number of rotatable bonds is 4. The third-order valence-electron chi connectivity index (χ3n) is 5.78. The molecule has 1 nitrogen and oxygen atoms in total. The van der Waals surface area contributed by atoms with Crippen LogP contribution < -0.4 is 4.90 Å².